The number of carbonyl (C=O) groups is 1. The highest BCUT2D eigenvalue weighted by Crippen LogP contribution is 1.76. The summed E-state index contributed by atoms with van der Waals surface area (Å²) in [4.78, 5) is 10.9. The van der Waals surface area contributed by atoms with E-state index in [9.17, 15) is 4.79 Å². The van der Waals surface area contributed by atoms with E-state index < -0.39 is 0 Å². The number of nitrogens with one attached hydrogen (secondary N) is 2. The lowest BCUT2D eigenvalue weighted by molar-refractivity contribution is -0.122. The van der Waals surface area contributed by atoms with Gasteiger partial charge in [-0.15, -0.1) is 6.42 Å². The summed E-state index contributed by atoms with van der Waals surface area (Å²) in [5.74, 6) is 2.25. The molecule has 0 heterocycles. The second kappa shape index (κ2) is 4.83. The summed E-state index contributed by atoms with van der Waals surface area (Å²) >= 11 is 0. The minimum absolute atomic E-state index is 0.0690. The third-order valence-electron chi connectivity index (χ3n) is 1.19. The van der Waals surface area contributed by atoms with E-state index in [2.05, 4.69) is 16.6 Å². The van der Waals surface area contributed by atoms with Gasteiger partial charge in [0.05, 0.1) is 12.6 Å². The zero-order valence-corrected chi connectivity index (χ0v) is 6.27. The first-order chi connectivity index (χ1) is 4.72. The zero-order valence-electron chi connectivity index (χ0n) is 6.27. The summed E-state index contributed by atoms with van der Waals surface area (Å²) in [6.45, 7) is 2.07. The summed E-state index contributed by atoms with van der Waals surface area (Å²) < 4.78 is 0. The van der Waals surface area contributed by atoms with Crippen LogP contribution in [-0.2, 0) is 4.79 Å². The summed E-state index contributed by atoms with van der Waals surface area (Å²) in [7, 11) is 1.72. The van der Waals surface area contributed by atoms with E-state index in [1.165, 1.54) is 0 Å². The van der Waals surface area contributed by atoms with Crippen molar-refractivity contribution in [1.82, 2.24) is 10.6 Å². The van der Waals surface area contributed by atoms with Gasteiger partial charge in [-0.2, -0.15) is 0 Å². The van der Waals surface area contributed by atoms with Crippen LogP contribution in [0.5, 0.6) is 0 Å². The van der Waals surface area contributed by atoms with Gasteiger partial charge >= 0.3 is 0 Å². The topological polar surface area (TPSA) is 41.1 Å². The Hall–Kier alpha value is -1.01. The molecule has 0 aliphatic rings. The standard InChI is InChI=1S/C7H12N2O/c1-4-5-9-7(10)6(2)8-3/h1,6,8H,5H2,2-3H3,(H,9,10). The predicted molar refractivity (Wildman–Crippen MR) is 40.4 cm³/mol. The largest absolute Gasteiger partial charge is 0.344 e. The fourth-order valence-corrected chi connectivity index (χ4v) is 0.422. The molecule has 3 heteroatoms. The number of likely N-dealkylation sites (N-methyl/N-ethyl adjacent to an activating group) is 1. The molecule has 0 bridgehead atoms. The summed E-state index contributed by atoms with van der Waals surface area (Å²) in [5.41, 5.74) is 0. The van der Waals surface area contributed by atoms with E-state index in [4.69, 9.17) is 6.42 Å². The smallest absolute Gasteiger partial charge is 0.237 e. The van der Waals surface area contributed by atoms with Crippen LogP contribution >= 0.6 is 0 Å². The fourth-order valence-electron chi connectivity index (χ4n) is 0.422. The van der Waals surface area contributed by atoms with Crippen molar-refractivity contribution in [3.8, 4) is 12.3 Å². The first kappa shape index (κ1) is 8.99. The normalized spacial score (nSPS) is 11.7. The molecule has 0 radical (unpaired) electrons. The van der Waals surface area contributed by atoms with E-state index in [1.807, 2.05) is 0 Å². The molecule has 10 heavy (non-hydrogen) atoms. The molecule has 0 aromatic rings. The highest BCUT2D eigenvalue weighted by atomic mass is 16.2. The minimum atomic E-state index is -0.173. The van der Waals surface area contributed by atoms with Crippen molar-refractivity contribution in [3.63, 3.8) is 0 Å². The maximum atomic E-state index is 10.9. The van der Waals surface area contributed by atoms with Crippen molar-refractivity contribution < 1.29 is 4.79 Å². The SMILES string of the molecule is C#CCNC(=O)C(C)NC. The van der Waals surface area contributed by atoms with Crippen molar-refractivity contribution in [3.05, 3.63) is 0 Å². The number of hydrogen-bond donors (Lipinski definition) is 2. The van der Waals surface area contributed by atoms with Gasteiger partial charge in [-0.1, -0.05) is 5.92 Å². The van der Waals surface area contributed by atoms with Crippen LogP contribution in [0, 0.1) is 12.3 Å². The molecule has 2 N–H and O–H groups in total. The van der Waals surface area contributed by atoms with Crippen LogP contribution in [-0.4, -0.2) is 25.5 Å². The number of terminal acetylenes is 1. The van der Waals surface area contributed by atoms with Crippen molar-refractivity contribution in [2.45, 2.75) is 13.0 Å². The molecule has 3 nitrogen and oxygen atoms in total. The van der Waals surface area contributed by atoms with Crippen molar-refractivity contribution >= 4 is 5.91 Å². The van der Waals surface area contributed by atoms with Crippen LogP contribution in [0.2, 0.25) is 0 Å². The lowest BCUT2D eigenvalue weighted by Gasteiger charge is -2.07. The Bertz CT molecular complexity index is 148. The number of rotatable bonds is 3. The number of amides is 1. The van der Waals surface area contributed by atoms with Gasteiger partial charge in [0, 0.05) is 0 Å². The molecule has 0 fully saturated rings. The molecule has 1 amide bonds. The molecule has 56 valence electrons. The van der Waals surface area contributed by atoms with Crippen LogP contribution in [0.25, 0.3) is 0 Å². The van der Waals surface area contributed by atoms with Crippen LogP contribution in [0.4, 0.5) is 0 Å². The molecular formula is C7H12N2O. The molecule has 0 spiro atoms. The van der Waals surface area contributed by atoms with Crippen LogP contribution < -0.4 is 10.6 Å². The van der Waals surface area contributed by atoms with Gasteiger partial charge in [0.25, 0.3) is 0 Å². The molecule has 1 atom stereocenters. The number of hydrogen-bond acceptors (Lipinski definition) is 2. The first-order valence-corrected chi connectivity index (χ1v) is 3.10. The van der Waals surface area contributed by atoms with Crippen molar-refractivity contribution in [1.29, 1.82) is 0 Å². The Kier molecular flexibility index (Phi) is 4.34. The lowest BCUT2D eigenvalue weighted by Crippen LogP contribution is -2.40. The fraction of sp³-hybridized carbons (Fsp3) is 0.571. The van der Waals surface area contributed by atoms with E-state index in [1.54, 1.807) is 14.0 Å². The molecule has 0 rings (SSSR count). The molecule has 0 aliphatic carbocycles. The van der Waals surface area contributed by atoms with Gasteiger partial charge in [0.2, 0.25) is 5.91 Å². The predicted octanol–water partition coefficient (Wildman–Crippen LogP) is -0.656. The van der Waals surface area contributed by atoms with E-state index in [-0.39, 0.29) is 11.9 Å². The van der Waals surface area contributed by atoms with Gasteiger partial charge in [-0.3, -0.25) is 4.79 Å². The molecule has 1 unspecified atom stereocenters. The van der Waals surface area contributed by atoms with E-state index in [0.29, 0.717) is 6.54 Å². The van der Waals surface area contributed by atoms with Gasteiger partial charge < -0.3 is 10.6 Å². The zero-order chi connectivity index (χ0) is 7.98. The van der Waals surface area contributed by atoms with Crippen molar-refractivity contribution in [2.24, 2.45) is 0 Å². The maximum absolute atomic E-state index is 10.9. The quantitative estimate of drug-likeness (QED) is 0.511. The van der Waals surface area contributed by atoms with Crippen LogP contribution in [0.15, 0.2) is 0 Å². The number of carbonyl (C=O) groups excluding carboxylic acids is 1. The Labute approximate surface area is 61.2 Å². The van der Waals surface area contributed by atoms with E-state index >= 15 is 0 Å². The average Bonchev–Trinajstić information content (AvgIpc) is 1.98. The Morgan fingerprint density at radius 3 is 2.80 bits per heavy atom. The van der Waals surface area contributed by atoms with Crippen LogP contribution in [0.3, 0.4) is 0 Å². The third-order valence-corrected chi connectivity index (χ3v) is 1.19. The van der Waals surface area contributed by atoms with Crippen molar-refractivity contribution in [2.75, 3.05) is 13.6 Å². The Balaban J connectivity index is 3.54. The second-order valence-corrected chi connectivity index (χ2v) is 1.93. The molecular weight excluding hydrogens is 128 g/mol. The highest BCUT2D eigenvalue weighted by molar-refractivity contribution is 5.81. The molecule has 0 aliphatic heterocycles. The third kappa shape index (κ3) is 3.10. The summed E-state index contributed by atoms with van der Waals surface area (Å²) in [5, 5.41) is 5.34. The van der Waals surface area contributed by atoms with Crippen LogP contribution in [0.1, 0.15) is 6.92 Å². The first-order valence-electron chi connectivity index (χ1n) is 3.10. The lowest BCUT2D eigenvalue weighted by atomic mass is 10.3. The van der Waals surface area contributed by atoms with Gasteiger partial charge in [0.1, 0.15) is 0 Å². The summed E-state index contributed by atoms with van der Waals surface area (Å²) in [6.07, 6.45) is 4.93. The average molecular weight is 140 g/mol. The molecule has 0 aromatic carbocycles. The van der Waals surface area contributed by atoms with Gasteiger partial charge in [-0.25, -0.2) is 0 Å². The van der Waals surface area contributed by atoms with Gasteiger partial charge in [-0.05, 0) is 14.0 Å². The molecule has 0 saturated carbocycles. The summed E-state index contributed by atoms with van der Waals surface area (Å²) in [6, 6.07) is -0.173. The Morgan fingerprint density at radius 1 is 1.80 bits per heavy atom. The Morgan fingerprint density at radius 2 is 2.40 bits per heavy atom. The minimum Gasteiger partial charge on any atom is -0.344 e. The second-order valence-electron chi connectivity index (χ2n) is 1.93. The molecule has 0 aromatic heterocycles. The van der Waals surface area contributed by atoms with Gasteiger partial charge in [0.15, 0.2) is 0 Å². The molecule has 0 saturated heterocycles. The maximum Gasteiger partial charge on any atom is 0.237 e. The highest BCUT2D eigenvalue weighted by Gasteiger charge is 2.06. The monoisotopic (exact) mass is 140 g/mol. The van der Waals surface area contributed by atoms with E-state index in [0.717, 1.165) is 0 Å².